The van der Waals surface area contributed by atoms with Gasteiger partial charge in [-0.05, 0) is 57.4 Å². The van der Waals surface area contributed by atoms with Crippen LogP contribution >= 0.6 is 23.1 Å². The molecular weight excluding hydrogens is 390 g/mol. The molecule has 1 amide bonds. The number of aromatic nitrogens is 2. The van der Waals surface area contributed by atoms with E-state index >= 15 is 0 Å². The van der Waals surface area contributed by atoms with Crippen LogP contribution in [0.4, 0.5) is 0 Å². The molecule has 3 heterocycles. The standard InChI is InChI=1S/C21H27N3O2S2/c1-14(2)12-24-20(26)18-15-8-4-5-9-16(15)28-19(18)22-21(24)27-13-17(25)23-10-6-3-7-11-23/h1,3-13H2,2H3. The summed E-state index contributed by atoms with van der Waals surface area (Å²) >= 11 is 3.05. The predicted octanol–water partition coefficient (Wildman–Crippen LogP) is 4.02. The molecule has 2 aromatic rings. The smallest absolute Gasteiger partial charge is 0.263 e. The molecule has 7 heteroatoms. The van der Waals surface area contributed by atoms with E-state index < -0.39 is 0 Å². The number of piperidine rings is 1. The van der Waals surface area contributed by atoms with E-state index in [0.717, 1.165) is 61.0 Å². The van der Waals surface area contributed by atoms with Gasteiger partial charge in [-0.1, -0.05) is 23.9 Å². The highest BCUT2D eigenvalue weighted by Gasteiger charge is 2.23. The Morgan fingerprint density at radius 2 is 1.93 bits per heavy atom. The van der Waals surface area contributed by atoms with Crippen molar-refractivity contribution in [2.24, 2.45) is 0 Å². The highest BCUT2D eigenvalue weighted by atomic mass is 32.2. The van der Waals surface area contributed by atoms with Crippen LogP contribution in [0.5, 0.6) is 0 Å². The van der Waals surface area contributed by atoms with E-state index in [9.17, 15) is 9.59 Å². The Bertz CT molecular complexity index is 970. The minimum atomic E-state index is 0.0281. The molecule has 150 valence electrons. The summed E-state index contributed by atoms with van der Waals surface area (Å²) in [5.41, 5.74) is 2.15. The number of allylic oxidation sites excluding steroid dienone is 1. The Kier molecular flexibility index (Phi) is 5.92. The molecule has 2 aliphatic rings. The Balaban J connectivity index is 1.67. The first-order chi connectivity index (χ1) is 13.5. The first-order valence-electron chi connectivity index (χ1n) is 10.1. The van der Waals surface area contributed by atoms with Crippen LogP contribution in [0.15, 0.2) is 22.1 Å². The maximum Gasteiger partial charge on any atom is 0.263 e. The summed E-state index contributed by atoms with van der Waals surface area (Å²) in [6, 6.07) is 0. The summed E-state index contributed by atoms with van der Waals surface area (Å²) in [6.07, 6.45) is 7.72. The Morgan fingerprint density at radius 1 is 1.18 bits per heavy atom. The van der Waals surface area contributed by atoms with Gasteiger partial charge in [0, 0.05) is 24.5 Å². The van der Waals surface area contributed by atoms with E-state index in [4.69, 9.17) is 4.98 Å². The number of thioether (sulfide) groups is 1. The van der Waals surface area contributed by atoms with Crippen molar-refractivity contribution in [1.82, 2.24) is 14.5 Å². The third-order valence-electron chi connectivity index (χ3n) is 5.50. The van der Waals surface area contributed by atoms with Gasteiger partial charge in [-0.2, -0.15) is 0 Å². The minimum absolute atomic E-state index is 0.0281. The third kappa shape index (κ3) is 3.92. The number of amides is 1. The fraction of sp³-hybridized carbons (Fsp3) is 0.571. The lowest BCUT2D eigenvalue weighted by atomic mass is 9.97. The molecule has 2 aromatic heterocycles. The maximum absolute atomic E-state index is 13.3. The van der Waals surface area contributed by atoms with Gasteiger partial charge in [0.1, 0.15) is 4.83 Å². The molecule has 0 unspecified atom stereocenters. The normalized spacial score (nSPS) is 17.0. The molecule has 28 heavy (non-hydrogen) atoms. The van der Waals surface area contributed by atoms with E-state index in [-0.39, 0.29) is 11.5 Å². The molecular formula is C21H27N3O2S2. The predicted molar refractivity (Wildman–Crippen MR) is 116 cm³/mol. The summed E-state index contributed by atoms with van der Waals surface area (Å²) in [6.45, 7) is 8.06. The monoisotopic (exact) mass is 417 g/mol. The van der Waals surface area contributed by atoms with Gasteiger partial charge in [0.2, 0.25) is 5.91 Å². The molecule has 1 fully saturated rings. The summed E-state index contributed by atoms with van der Waals surface area (Å²) in [7, 11) is 0. The fourth-order valence-electron chi connectivity index (χ4n) is 4.10. The molecule has 1 aliphatic carbocycles. The molecule has 0 bridgehead atoms. The maximum atomic E-state index is 13.3. The van der Waals surface area contributed by atoms with Crippen LogP contribution in [0.25, 0.3) is 10.2 Å². The number of carbonyl (C=O) groups excluding carboxylic acids is 1. The van der Waals surface area contributed by atoms with Crippen molar-refractivity contribution in [2.75, 3.05) is 18.8 Å². The summed E-state index contributed by atoms with van der Waals surface area (Å²) in [5, 5.41) is 1.44. The number of thiophene rings is 1. The number of aryl methyl sites for hydroxylation is 2. The van der Waals surface area contributed by atoms with Crippen LogP contribution < -0.4 is 5.56 Å². The second-order valence-electron chi connectivity index (χ2n) is 7.86. The third-order valence-corrected chi connectivity index (χ3v) is 7.65. The van der Waals surface area contributed by atoms with Crippen molar-refractivity contribution in [3.8, 4) is 0 Å². The average Bonchev–Trinajstić information content (AvgIpc) is 3.07. The average molecular weight is 418 g/mol. The van der Waals surface area contributed by atoms with E-state index in [1.54, 1.807) is 15.9 Å². The summed E-state index contributed by atoms with van der Waals surface area (Å²) in [5.74, 6) is 0.477. The number of nitrogens with zero attached hydrogens (tertiary/aromatic N) is 3. The molecule has 5 nitrogen and oxygen atoms in total. The van der Waals surface area contributed by atoms with Crippen LogP contribution in [0.2, 0.25) is 0 Å². The van der Waals surface area contributed by atoms with Gasteiger partial charge in [0.05, 0.1) is 11.1 Å². The lowest BCUT2D eigenvalue weighted by molar-refractivity contribution is -0.129. The van der Waals surface area contributed by atoms with Crippen molar-refractivity contribution < 1.29 is 4.79 Å². The first-order valence-corrected chi connectivity index (χ1v) is 11.9. The lowest BCUT2D eigenvalue weighted by Crippen LogP contribution is -2.37. The van der Waals surface area contributed by atoms with E-state index in [1.165, 1.54) is 35.0 Å². The molecule has 4 rings (SSSR count). The van der Waals surface area contributed by atoms with Crippen LogP contribution in [0.1, 0.15) is 49.5 Å². The summed E-state index contributed by atoms with van der Waals surface area (Å²) < 4.78 is 1.72. The molecule has 0 saturated carbocycles. The van der Waals surface area contributed by atoms with Gasteiger partial charge in [0.15, 0.2) is 5.16 Å². The molecule has 0 N–H and O–H groups in total. The first kappa shape index (κ1) is 19.7. The van der Waals surface area contributed by atoms with Crippen LogP contribution in [0, 0.1) is 0 Å². The van der Waals surface area contributed by atoms with Crippen molar-refractivity contribution in [2.45, 2.75) is 63.6 Å². The number of hydrogen-bond acceptors (Lipinski definition) is 5. The fourth-order valence-corrected chi connectivity index (χ4v) is 6.30. The molecule has 1 saturated heterocycles. The van der Waals surface area contributed by atoms with Crippen molar-refractivity contribution in [3.05, 3.63) is 32.9 Å². The number of hydrogen-bond donors (Lipinski definition) is 0. The van der Waals surface area contributed by atoms with Crippen molar-refractivity contribution in [3.63, 3.8) is 0 Å². The lowest BCUT2D eigenvalue weighted by Gasteiger charge is -2.26. The van der Waals surface area contributed by atoms with E-state index in [1.807, 2.05) is 11.8 Å². The van der Waals surface area contributed by atoms with Gasteiger partial charge in [-0.15, -0.1) is 11.3 Å². The van der Waals surface area contributed by atoms with E-state index in [0.29, 0.717) is 17.5 Å². The second-order valence-corrected chi connectivity index (χ2v) is 9.89. The molecule has 1 aliphatic heterocycles. The molecule has 0 spiro atoms. The summed E-state index contributed by atoms with van der Waals surface area (Å²) in [4.78, 5) is 34.9. The molecule has 0 aromatic carbocycles. The zero-order chi connectivity index (χ0) is 19.7. The Hall–Kier alpha value is -1.60. The highest BCUT2D eigenvalue weighted by Crippen LogP contribution is 2.34. The van der Waals surface area contributed by atoms with E-state index in [2.05, 4.69) is 6.58 Å². The highest BCUT2D eigenvalue weighted by molar-refractivity contribution is 7.99. The van der Waals surface area contributed by atoms with Crippen LogP contribution in [-0.2, 0) is 24.2 Å². The Morgan fingerprint density at radius 3 is 2.68 bits per heavy atom. The van der Waals surface area contributed by atoms with Gasteiger partial charge in [-0.3, -0.25) is 14.2 Å². The zero-order valence-corrected chi connectivity index (χ0v) is 18.1. The van der Waals surface area contributed by atoms with Gasteiger partial charge < -0.3 is 4.90 Å². The molecule has 0 radical (unpaired) electrons. The van der Waals surface area contributed by atoms with Gasteiger partial charge >= 0.3 is 0 Å². The number of rotatable bonds is 5. The van der Waals surface area contributed by atoms with Crippen LogP contribution in [-0.4, -0.2) is 39.2 Å². The second kappa shape index (κ2) is 8.41. The molecule has 0 atom stereocenters. The van der Waals surface area contributed by atoms with Gasteiger partial charge in [-0.25, -0.2) is 4.98 Å². The Labute approximate surface area is 173 Å². The van der Waals surface area contributed by atoms with Crippen LogP contribution in [0.3, 0.4) is 0 Å². The quantitative estimate of drug-likeness (QED) is 0.419. The van der Waals surface area contributed by atoms with Crippen molar-refractivity contribution in [1.29, 1.82) is 0 Å². The zero-order valence-electron chi connectivity index (χ0n) is 16.5. The number of carbonyl (C=O) groups is 1. The van der Waals surface area contributed by atoms with Gasteiger partial charge in [0.25, 0.3) is 5.56 Å². The number of fused-ring (bicyclic) bond motifs is 3. The largest absolute Gasteiger partial charge is 0.342 e. The number of likely N-dealkylation sites (tertiary alicyclic amines) is 1. The topological polar surface area (TPSA) is 55.2 Å². The minimum Gasteiger partial charge on any atom is -0.342 e. The van der Waals surface area contributed by atoms with Crippen molar-refractivity contribution >= 4 is 39.2 Å². The SMILES string of the molecule is C=C(C)Cn1c(SCC(=O)N2CCCCC2)nc2sc3c(c2c1=O)CCCC3.